The van der Waals surface area contributed by atoms with Gasteiger partial charge in [0, 0.05) is 28.7 Å². The maximum atomic E-state index is 14.1. The smallest absolute Gasteiger partial charge is 0.267 e. The van der Waals surface area contributed by atoms with E-state index in [1.807, 2.05) is 109 Å². The van der Waals surface area contributed by atoms with Gasteiger partial charge in [-0.25, -0.2) is 4.99 Å². The lowest BCUT2D eigenvalue weighted by Crippen LogP contribution is -2.32. The molecule has 4 aromatic carbocycles. The average molecular weight is 597 g/mol. The van der Waals surface area contributed by atoms with Crippen molar-refractivity contribution in [1.29, 1.82) is 0 Å². The molecule has 0 saturated carbocycles. The molecule has 1 atom stereocenters. The molecule has 6 rings (SSSR count). The SMILES string of the molecule is Cc1c(/C=C2/SC(=Nc3ccccc3)N([C@@H](C)c3ccccc3)C2=O)c2ccccc2n1Cc1ccc(Cl)c(Cl)c1. The molecule has 0 radical (unpaired) electrons. The van der Waals surface area contributed by atoms with E-state index in [4.69, 9.17) is 28.2 Å². The van der Waals surface area contributed by atoms with Crippen LogP contribution in [-0.4, -0.2) is 20.5 Å². The van der Waals surface area contributed by atoms with Gasteiger partial charge in [0.15, 0.2) is 5.17 Å². The Morgan fingerprint density at radius 3 is 2.29 bits per heavy atom. The lowest BCUT2D eigenvalue weighted by Gasteiger charge is -2.24. The highest BCUT2D eigenvalue weighted by molar-refractivity contribution is 8.18. The van der Waals surface area contributed by atoms with Gasteiger partial charge in [-0.2, -0.15) is 0 Å². The molecule has 41 heavy (non-hydrogen) atoms. The van der Waals surface area contributed by atoms with Crippen LogP contribution in [-0.2, 0) is 11.3 Å². The highest BCUT2D eigenvalue weighted by Crippen LogP contribution is 2.41. The zero-order valence-corrected chi connectivity index (χ0v) is 24.9. The van der Waals surface area contributed by atoms with E-state index in [1.165, 1.54) is 11.8 Å². The maximum Gasteiger partial charge on any atom is 0.267 e. The van der Waals surface area contributed by atoms with Gasteiger partial charge in [-0.05, 0) is 73.1 Å². The number of carbonyl (C=O) groups excluding carboxylic acids is 1. The number of nitrogens with zero attached hydrogens (tertiary/aromatic N) is 3. The number of para-hydroxylation sites is 2. The second-order valence-electron chi connectivity index (χ2n) is 9.95. The fourth-order valence-electron chi connectivity index (χ4n) is 5.20. The highest BCUT2D eigenvalue weighted by Gasteiger charge is 2.37. The van der Waals surface area contributed by atoms with Crippen molar-refractivity contribution in [3.63, 3.8) is 0 Å². The number of carbonyl (C=O) groups is 1. The molecule has 0 spiro atoms. The first-order valence-corrected chi connectivity index (χ1v) is 14.9. The van der Waals surface area contributed by atoms with E-state index in [1.54, 1.807) is 0 Å². The summed E-state index contributed by atoms with van der Waals surface area (Å²) >= 11 is 13.9. The Bertz CT molecular complexity index is 1810. The Morgan fingerprint density at radius 1 is 0.878 bits per heavy atom. The normalized spacial score (nSPS) is 16.3. The van der Waals surface area contributed by atoms with Gasteiger partial charge < -0.3 is 4.57 Å². The molecular formula is C34H27Cl2N3OS. The van der Waals surface area contributed by atoms with E-state index >= 15 is 0 Å². The van der Waals surface area contributed by atoms with E-state index in [9.17, 15) is 4.79 Å². The van der Waals surface area contributed by atoms with Crippen LogP contribution in [0.25, 0.3) is 17.0 Å². The molecule has 1 aliphatic rings. The van der Waals surface area contributed by atoms with Crippen LogP contribution in [0.15, 0.2) is 113 Å². The second kappa shape index (κ2) is 11.6. The van der Waals surface area contributed by atoms with Gasteiger partial charge in [0.25, 0.3) is 5.91 Å². The van der Waals surface area contributed by atoms with Crippen LogP contribution in [0.2, 0.25) is 10.0 Å². The van der Waals surface area contributed by atoms with Crippen molar-refractivity contribution in [3.05, 3.63) is 140 Å². The fourth-order valence-corrected chi connectivity index (χ4v) is 6.57. The molecule has 1 aliphatic heterocycles. The van der Waals surface area contributed by atoms with Crippen LogP contribution in [0, 0.1) is 6.92 Å². The summed E-state index contributed by atoms with van der Waals surface area (Å²) < 4.78 is 2.26. The van der Waals surface area contributed by atoms with Crippen LogP contribution in [0.4, 0.5) is 5.69 Å². The molecule has 7 heteroatoms. The molecule has 1 aromatic heterocycles. The number of thioether (sulfide) groups is 1. The molecule has 1 amide bonds. The number of amidine groups is 1. The van der Waals surface area contributed by atoms with Gasteiger partial charge in [0.1, 0.15) is 0 Å². The summed E-state index contributed by atoms with van der Waals surface area (Å²) in [6.45, 7) is 4.77. The predicted octanol–water partition coefficient (Wildman–Crippen LogP) is 9.67. The second-order valence-corrected chi connectivity index (χ2v) is 11.8. The summed E-state index contributed by atoms with van der Waals surface area (Å²) in [4.78, 5) is 21.4. The number of fused-ring (bicyclic) bond motifs is 1. The summed E-state index contributed by atoms with van der Waals surface area (Å²) in [7, 11) is 0. The van der Waals surface area contributed by atoms with Gasteiger partial charge in [-0.3, -0.25) is 9.69 Å². The van der Waals surface area contributed by atoms with Crippen molar-refractivity contribution in [2.75, 3.05) is 0 Å². The number of benzene rings is 4. The van der Waals surface area contributed by atoms with Crippen molar-refractivity contribution >= 4 is 68.7 Å². The van der Waals surface area contributed by atoms with E-state index in [0.29, 0.717) is 26.7 Å². The molecular weight excluding hydrogens is 569 g/mol. The zero-order chi connectivity index (χ0) is 28.5. The maximum absolute atomic E-state index is 14.1. The van der Waals surface area contributed by atoms with Gasteiger partial charge in [0.05, 0.1) is 26.7 Å². The Balaban J connectivity index is 1.44. The lowest BCUT2D eigenvalue weighted by molar-refractivity contribution is -0.123. The Morgan fingerprint density at radius 2 is 1.56 bits per heavy atom. The number of amides is 1. The first-order chi connectivity index (χ1) is 19.9. The van der Waals surface area contributed by atoms with E-state index < -0.39 is 0 Å². The van der Waals surface area contributed by atoms with Gasteiger partial charge in [-0.1, -0.05) is 96.0 Å². The molecule has 2 heterocycles. The van der Waals surface area contributed by atoms with Crippen LogP contribution in [0.3, 0.4) is 0 Å². The van der Waals surface area contributed by atoms with Gasteiger partial charge in [0.2, 0.25) is 0 Å². The van der Waals surface area contributed by atoms with E-state index in [0.717, 1.165) is 39.0 Å². The first kappa shape index (κ1) is 27.4. The Hall–Kier alpha value is -3.77. The minimum Gasteiger partial charge on any atom is -0.340 e. The molecule has 5 aromatic rings. The van der Waals surface area contributed by atoms with Crippen molar-refractivity contribution in [1.82, 2.24) is 9.47 Å². The van der Waals surface area contributed by atoms with Gasteiger partial charge >= 0.3 is 0 Å². The highest BCUT2D eigenvalue weighted by atomic mass is 35.5. The van der Waals surface area contributed by atoms with Crippen LogP contribution in [0.1, 0.15) is 35.3 Å². The molecule has 0 N–H and O–H groups in total. The summed E-state index contributed by atoms with van der Waals surface area (Å²) in [5.41, 5.74) is 6.08. The third-order valence-electron chi connectivity index (χ3n) is 7.37. The quantitative estimate of drug-likeness (QED) is 0.183. The number of halogens is 2. The van der Waals surface area contributed by atoms with Crippen LogP contribution >= 0.6 is 35.0 Å². The topological polar surface area (TPSA) is 37.6 Å². The van der Waals surface area contributed by atoms with Crippen molar-refractivity contribution < 1.29 is 4.79 Å². The summed E-state index contributed by atoms with van der Waals surface area (Å²) in [6, 6.07) is 33.7. The molecule has 1 fully saturated rings. The van der Waals surface area contributed by atoms with Crippen molar-refractivity contribution in [3.8, 4) is 0 Å². The number of hydrogen-bond acceptors (Lipinski definition) is 3. The standard InChI is InChI=1S/C34H27Cl2N3OS/c1-22(25-11-5-3-6-12-25)39-33(40)32(41-34(39)37-26-13-7-4-8-14-26)20-28-23(2)38(31-16-10-9-15-27(28)31)21-24-17-18-29(35)30(36)19-24/h3-20,22H,21H2,1-2H3/b32-20+,37-34?/t22-/m0/s1. The summed E-state index contributed by atoms with van der Waals surface area (Å²) in [5, 5.41) is 2.82. The summed E-state index contributed by atoms with van der Waals surface area (Å²) in [6.07, 6.45) is 2.02. The third kappa shape index (κ3) is 5.45. The monoisotopic (exact) mass is 595 g/mol. The molecule has 4 nitrogen and oxygen atoms in total. The van der Waals surface area contributed by atoms with E-state index in [-0.39, 0.29) is 11.9 Å². The van der Waals surface area contributed by atoms with Crippen molar-refractivity contribution in [2.45, 2.75) is 26.4 Å². The first-order valence-electron chi connectivity index (χ1n) is 13.3. The third-order valence-corrected chi connectivity index (χ3v) is 9.09. The number of aliphatic imine (C=N–C) groups is 1. The summed E-state index contributed by atoms with van der Waals surface area (Å²) in [5.74, 6) is -0.0539. The van der Waals surface area contributed by atoms with Gasteiger partial charge in [-0.15, -0.1) is 0 Å². The predicted molar refractivity (Wildman–Crippen MR) is 173 cm³/mol. The lowest BCUT2D eigenvalue weighted by atomic mass is 10.1. The fraction of sp³-hybridized carbons (Fsp3) is 0.118. The Kier molecular flexibility index (Phi) is 7.76. The van der Waals surface area contributed by atoms with Crippen LogP contribution in [0.5, 0.6) is 0 Å². The minimum absolute atomic E-state index is 0.0539. The van der Waals surface area contributed by atoms with Crippen LogP contribution < -0.4 is 0 Å². The number of rotatable bonds is 6. The van der Waals surface area contributed by atoms with E-state index in [2.05, 4.69) is 23.6 Å². The minimum atomic E-state index is -0.179. The molecule has 0 unspecified atom stereocenters. The zero-order valence-electron chi connectivity index (χ0n) is 22.6. The Labute approximate surface area is 253 Å². The van der Waals surface area contributed by atoms with Crippen molar-refractivity contribution in [2.24, 2.45) is 4.99 Å². The molecule has 0 aliphatic carbocycles. The molecule has 1 saturated heterocycles. The number of aromatic nitrogens is 1. The number of hydrogen-bond donors (Lipinski definition) is 0. The molecule has 204 valence electrons. The largest absolute Gasteiger partial charge is 0.340 e. The molecule has 0 bridgehead atoms. The average Bonchev–Trinajstić information content (AvgIpc) is 3.44.